The molecule has 20 heavy (non-hydrogen) atoms. The summed E-state index contributed by atoms with van der Waals surface area (Å²) in [4.78, 5) is 11.6. The van der Waals surface area contributed by atoms with Gasteiger partial charge in [-0.3, -0.25) is 4.79 Å². The summed E-state index contributed by atoms with van der Waals surface area (Å²) in [5, 5.41) is 2.87. The zero-order chi connectivity index (χ0) is 14.0. The Morgan fingerprint density at radius 2 is 2.00 bits per heavy atom. The lowest BCUT2D eigenvalue weighted by atomic mass is 10.3. The van der Waals surface area contributed by atoms with Gasteiger partial charge in [0.05, 0.1) is 13.0 Å². The second kappa shape index (κ2) is 8.59. The molecule has 4 nitrogen and oxygen atoms in total. The maximum absolute atomic E-state index is 11.6. The maximum atomic E-state index is 11.6. The number of carbonyl (C=O) groups is 1. The highest BCUT2D eigenvalue weighted by molar-refractivity contribution is 5.75. The van der Waals surface area contributed by atoms with E-state index in [2.05, 4.69) is 5.32 Å². The van der Waals surface area contributed by atoms with Gasteiger partial charge in [0.1, 0.15) is 5.75 Å². The number of amides is 1. The summed E-state index contributed by atoms with van der Waals surface area (Å²) in [5.41, 5.74) is 0. The van der Waals surface area contributed by atoms with Crippen molar-refractivity contribution < 1.29 is 14.3 Å². The number of benzene rings is 1. The second-order valence-electron chi connectivity index (χ2n) is 5.13. The summed E-state index contributed by atoms with van der Waals surface area (Å²) in [6.45, 7) is 2.71. The average molecular weight is 277 g/mol. The van der Waals surface area contributed by atoms with Gasteiger partial charge in [-0.05, 0) is 37.3 Å². The molecule has 0 bridgehead atoms. The molecule has 1 saturated carbocycles. The molecule has 1 amide bonds. The minimum absolute atomic E-state index is 0.0307. The van der Waals surface area contributed by atoms with Crippen LogP contribution in [-0.2, 0) is 9.53 Å². The van der Waals surface area contributed by atoms with Gasteiger partial charge in [-0.15, -0.1) is 0 Å². The number of rotatable bonds is 10. The standard InChI is InChI=1S/C16H23NO3/c18-16(9-12-20-15-5-2-1-3-6-15)17-10-4-11-19-13-14-7-8-14/h1-3,5-6,14H,4,7-13H2,(H,17,18). The Morgan fingerprint density at radius 1 is 1.20 bits per heavy atom. The molecule has 0 unspecified atom stereocenters. The van der Waals surface area contributed by atoms with E-state index < -0.39 is 0 Å². The number of ether oxygens (including phenoxy) is 2. The fourth-order valence-corrected chi connectivity index (χ4v) is 1.80. The monoisotopic (exact) mass is 277 g/mol. The van der Waals surface area contributed by atoms with Gasteiger partial charge in [0, 0.05) is 19.8 Å². The highest BCUT2D eigenvalue weighted by atomic mass is 16.5. The smallest absolute Gasteiger partial charge is 0.223 e. The number of carbonyl (C=O) groups excluding carboxylic acids is 1. The van der Waals surface area contributed by atoms with E-state index >= 15 is 0 Å². The van der Waals surface area contributed by atoms with Crippen molar-refractivity contribution in [2.45, 2.75) is 25.7 Å². The molecule has 1 aliphatic carbocycles. The van der Waals surface area contributed by atoms with Crippen molar-refractivity contribution in [1.29, 1.82) is 0 Å². The van der Waals surface area contributed by atoms with Gasteiger partial charge in [-0.25, -0.2) is 0 Å². The highest BCUT2D eigenvalue weighted by Crippen LogP contribution is 2.28. The molecule has 4 heteroatoms. The van der Waals surface area contributed by atoms with E-state index in [1.165, 1.54) is 12.8 Å². The first kappa shape index (κ1) is 14.9. The molecule has 110 valence electrons. The van der Waals surface area contributed by atoms with Crippen LogP contribution in [0, 0.1) is 5.92 Å². The quantitative estimate of drug-likeness (QED) is 0.668. The van der Waals surface area contributed by atoms with Gasteiger partial charge < -0.3 is 14.8 Å². The third-order valence-electron chi connectivity index (χ3n) is 3.18. The van der Waals surface area contributed by atoms with Gasteiger partial charge in [-0.1, -0.05) is 18.2 Å². The van der Waals surface area contributed by atoms with Crippen molar-refractivity contribution in [2.75, 3.05) is 26.4 Å². The number of hydrogen-bond acceptors (Lipinski definition) is 3. The summed E-state index contributed by atoms with van der Waals surface area (Å²) < 4.78 is 11.0. The van der Waals surface area contributed by atoms with Crippen LogP contribution in [0.3, 0.4) is 0 Å². The maximum Gasteiger partial charge on any atom is 0.223 e. The van der Waals surface area contributed by atoms with Crippen molar-refractivity contribution in [1.82, 2.24) is 5.32 Å². The van der Waals surface area contributed by atoms with E-state index in [0.29, 0.717) is 19.6 Å². The predicted molar refractivity (Wildman–Crippen MR) is 77.7 cm³/mol. The number of nitrogens with one attached hydrogen (secondary N) is 1. The van der Waals surface area contributed by atoms with Gasteiger partial charge in [0.25, 0.3) is 0 Å². The molecular formula is C16H23NO3. The van der Waals surface area contributed by atoms with E-state index in [-0.39, 0.29) is 5.91 Å². The minimum atomic E-state index is 0.0307. The van der Waals surface area contributed by atoms with Crippen LogP contribution in [0.4, 0.5) is 0 Å². The Bertz CT molecular complexity index is 390. The third-order valence-corrected chi connectivity index (χ3v) is 3.18. The molecule has 1 aliphatic rings. The first-order valence-corrected chi connectivity index (χ1v) is 7.37. The van der Waals surface area contributed by atoms with Crippen molar-refractivity contribution in [2.24, 2.45) is 5.92 Å². The lowest BCUT2D eigenvalue weighted by Crippen LogP contribution is -2.26. The molecule has 1 fully saturated rings. The van der Waals surface area contributed by atoms with Crippen LogP contribution in [0.2, 0.25) is 0 Å². The van der Waals surface area contributed by atoms with Crippen LogP contribution in [-0.4, -0.2) is 32.3 Å². The Labute approximate surface area is 120 Å². The molecule has 0 aromatic heterocycles. The number of para-hydroxylation sites is 1. The largest absolute Gasteiger partial charge is 0.493 e. The van der Waals surface area contributed by atoms with Gasteiger partial charge in [0.15, 0.2) is 0 Å². The Hall–Kier alpha value is -1.55. The molecule has 0 heterocycles. The lowest BCUT2D eigenvalue weighted by molar-refractivity contribution is -0.121. The van der Waals surface area contributed by atoms with Crippen LogP contribution >= 0.6 is 0 Å². The van der Waals surface area contributed by atoms with E-state index in [9.17, 15) is 4.79 Å². The molecule has 0 atom stereocenters. The first-order valence-electron chi connectivity index (χ1n) is 7.37. The van der Waals surface area contributed by atoms with Crippen LogP contribution in [0.15, 0.2) is 30.3 Å². The van der Waals surface area contributed by atoms with Crippen molar-refractivity contribution in [3.63, 3.8) is 0 Å². The van der Waals surface area contributed by atoms with Crippen molar-refractivity contribution >= 4 is 5.91 Å². The summed E-state index contributed by atoms with van der Waals surface area (Å²) in [6, 6.07) is 9.53. The lowest BCUT2D eigenvalue weighted by Gasteiger charge is -2.07. The second-order valence-corrected chi connectivity index (χ2v) is 5.13. The van der Waals surface area contributed by atoms with Crippen LogP contribution in [0.1, 0.15) is 25.7 Å². The van der Waals surface area contributed by atoms with E-state index in [4.69, 9.17) is 9.47 Å². The van der Waals surface area contributed by atoms with Crippen LogP contribution < -0.4 is 10.1 Å². The third kappa shape index (κ3) is 6.57. The Balaban J connectivity index is 1.41. The zero-order valence-corrected chi connectivity index (χ0v) is 11.8. The first-order chi connectivity index (χ1) is 9.84. The van der Waals surface area contributed by atoms with Gasteiger partial charge in [0.2, 0.25) is 5.91 Å². The molecule has 2 rings (SSSR count). The Kier molecular flexibility index (Phi) is 6.38. The molecular weight excluding hydrogens is 254 g/mol. The predicted octanol–water partition coefficient (Wildman–Crippen LogP) is 2.39. The molecule has 0 saturated heterocycles. The molecule has 1 aromatic carbocycles. The highest BCUT2D eigenvalue weighted by Gasteiger charge is 2.20. The molecule has 0 aliphatic heterocycles. The van der Waals surface area contributed by atoms with Crippen LogP contribution in [0.5, 0.6) is 5.75 Å². The summed E-state index contributed by atoms with van der Waals surface area (Å²) in [6.07, 6.45) is 3.89. The van der Waals surface area contributed by atoms with Crippen molar-refractivity contribution in [3.05, 3.63) is 30.3 Å². The number of hydrogen-bond donors (Lipinski definition) is 1. The fourth-order valence-electron chi connectivity index (χ4n) is 1.80. The molecule has 0 radical (unpaired) electrons. The summed E-state index contributed by atoms with van der Waals surface area (Å²) in [5.74, 6) is 1.64. The van der Waals surface area contributed by atoms with E-state index in [0.717, 1.165) is 31.3 Å². The average Bonchev–Trinajstić information content (AvgIpc) is 3.28. The summed E-state index contributed by atoms with van der Waals surface area (Å²) in [7, 11) is 0. The SMILES string of the molecule is O=C(CCOc1ccccc1)NCCCOCC1CC1. The minimum Gasteiger partial charge on any atom is -0.493 e. The van der Waals surface area contributed by atoms with Crippen LogP contribution in [0.25, 0.3) is 0 Å². The zero-order valence-electron chi connectivity index (χ0n) is 11.8. The topological polar surface area (TPSA) is 47.6 Å². The molecule has 1 aromatic rings. The Morgan fingerprint density at radius 3 is 2.75 bits per heavy atom. The fraction of sp³-hybridized carbons (Fsp3) is 0.562. The van der Waals surface area contributed by atoms with Crippen molar-refractivity contribution in [3.8, 4) is 5.75 Å². The molecule has 0 spiro atoms. The van der Waals surface area contributed by atoms with Gasteiger partial charge in [-0.2, -0.15) is 0 Å². The van der Waals surface area contributed by atoms with Gasteiger partial charge >= 0.3 is 0 Å². The summed E-state index contributed by atoms with van der Waals surface area (Å²) >= 11 is 0. The van der Waals surface area contributed by atoms with E-state index in [1.54, 1.807) is 0 Å². The molecule has 1 N–H and O–H groups in total. The normalized spacial score (nSPS) is 14.0. The van der Waals surface area contributed by atoms with E-state index in [1.807, 2.05) is 30.3 Å².